The maximum atomic E-state index is 12.7. The summed E-state index contributed by atoms with van der Waals surface area (Å²) in [6.45, 7) is 4.87. The highest BCUT2D eigenvalue weighted by molar-refractivity contribution is 7.89. The number of nitrogens with one attached hydrogen (secondary N) is 1. The molecule has 1 aliphatic rings. The van der Waals surface area contributed by atoms with Crippen molar-refractivity contribution in [3.05, 3.63) is 33.3 Å². The average Bonchev–Trinajstić information content (AvgIpc) is 2.37. The number of benzene rings is 1. The average molecular weight is 334 g/mol. The fourth-order valence-electron chi connectivity index (χ4n) is 2.24. The number of piperazine rings is 1. The molecule has 0 radical (unpaired) electrons. The van der Waals surface area contributed by atoms with Gasteiger partial charge in [-0.2, -0.15) is 4.31 Å². The van der Waals surface area contributed by atoms with E-state index in [2.05, 4.69) is 5.32 Å². The predicted octanol–water partition coefficient (Wildman–Crippen LogP) is 1.62. The largest absolute Gasteiger partial charge is 0.309 e. The van der Waals surface area contributed by atoms with Crippen LogP contribution in [0.3, 0.4) is 0 Å². The normalized spacial score (nSPS) is 19.4. The highest BCUT2D eigenvalue weighted by Gasteiger charge is 2.35. The molecule has 1 aromatic rings. The molecule has 0 spiro atoms. The molecule has 1 aromatic carbocycles. The second-order valence-corrected chi connectivity index (χ2v) is 7.83. The molecule has 1 heterocycles. The standard InChI is InChI=1S/C12H16ClN3O4S/c1-12(2)8-15(6-5-14-12)21(19,20)11-7-9(16(17)18)3-4-10(11)13/h3-4,7,14H,5-6,8H2,1-2H3. The van der Waals surface area contributed by atoms with E-state index in [1.807, 2.05) is 13.8 Å². The van der Waals surface area contributed by atoms with Gasteiger partial charge in [-0.1, -0.05) is 11.6 Å². The molecule has 1 N–H and O–H groups in total. The predicted molar refractivity (Wildman–Crippen MR) is 78.9 cm³/mol. The number of rotatable bonds is 3. The maximum Gasteiger partial charge on any atom is 0.270 e. The van der Waals surface area contributed by atoms with Crippen LogP contribution in [0.25, 0.3) is 0 Å². The Labute approximate surface area is 128 Å². The molecule has 0 amide bonds. The molecule has 0 atom stereocenters. The van der Waals surface area contributed by atoms with Crippen LogP contribution in [0, 0.1) is 10.1 Å². The van der Waals surface area contributed by atoms with Crippen LogP contribution >= 0.6 is 11.6 Å². The van der Waals surface area contributed by atoms with Gasteiger partial charge in [0.2, 0.25) is 10.0 Å². The number of hydrogen-bond acceptors (Lipinski definition) is 5. The van der Waals surface area contributed by atoms with Crippen molar-refractivity contribution in [1.29, 1.82) is 0 Å². The summed E-state index contributed by atoms with van der Waals surface area (Å²) in [4.78, 5) is 9.95. The minimum Gasteiger partial charge on any atom is -0.309 e. The van der Waals surface area contributed by atoms with E-state index in [0.717, 1.165) is 6.07 Å². The van der Waals surface area contributed by atoms with Crippen molar-refractivity contribution in [2.75, 3.05) is 19.6 Å². The number of sulfonamides is 1. The molecule has 21 heavy (non-hydrogen) atoms. The highest BCUT2D eigenvalue weighted by Crippen LogP contribution is 2.29. The van der Waals surface area contributed by atoms with E-state index in [-0.39, 0.29) is 27.7 Å². The summed E-state index contributed by atoms with van der Waals surface area (Å²) in [7, 11) is -3.86. The minimum atomic E-state index is -3.86. The molecule has 0 unspecified atom stereocenters. The Morgan fingerprint density at radius 2 is 2.10 bits per heavy atom. The molecular formula is C12H16ClN3O4S. The quantitative estimate of drug-likeness (QED) is 0.670. The summed E-state index contributed by atoms with van der Waals surface area (Å²) in [5.41, 5.74) is -0.661. The molecule has 0 aliphatic carbocycles. The van der Waals surface area contributed by atoms with Crippen molar-refractivity contribution < 1.29 is 13.3 Å². The molecule has 116 valence electrons. The summed E-state index contributed by atoms with van der Waals surface area (Å²) < 4.78 is 26.6. The van der Waals surface area contributed by atoms with Crippen LogP contribution in [-0.4, -0.2) is 42.8 Å². The highest BCUT2D eigenvalue weighted by atomic mass is 35.5. The molecule has 7 nitrogen and oxygen atoms in total. The third kappa shape index (κ3) is 3.34. The van der Waals surface area contributed by atoms with E-state index in [0.29, 0.717) is 13.1 Å². The van der Waals surface area contributed by atoms with Gasteiger partial charge in [-0.05, 0) is 19.9 Å². The van der Waals surface area contributed by atoms with Crippen molar-refractivity contribution in [2.45, 2.75) is 24.3 Å². The van der Waals surface area contributed by atoms with Crippen molar-refractivity contribution in [1.82, 2.24) is 9.62 Å². The van der Waals surface area contributed by atoms with Crippen molar-refractivity contribution in [2.24, 2.45) is 0 Å². The summed E-state index contributed by atoms with van der Waals surface area (Å²) >= 11 is 5.93. The fourth-order valence-corrected chi connectivity index (χ4v) is 4.34. The van der Waals surface area contributed by atoms with E-state index < -0.39 is 14.9 Å². The summed E-state index contributed by atoms with van der Waals surface area (Å²) in [5.74, 6) is 0. The Bertz CT molecular complexity index is 675. The maximum absolute atomic E-state index is 12.7. The number of halogens is 1. The smallest absolute Gasteiger partial charge is 0.270 e. The molecule has 2 rings (SSSR count). The first-order valence-electron chi connectivity index (χ1n) is 6.33. The first kappa shape index (κ1) is 16.2. The van der Waals surface area contributed by atoms with Crippen LogP contribution in [0.5, 0.6) is 0 Å². The zero-order valence-corrected chi connectivity index (χ0v) is 13.2. The number of hydrogen-bond donors (Lipinski definition) is 1. The minimum absolute atomic E-state index is 0.0167. The Balaban J connectivity index is 2.44. The van der Waals surface area contributed by atoms with Gasteiger partial charge in [-0.25, -0.2) is 8.42 Å². The van der Waals surface area contributed by atoms with Gasteiger partial charge in [0.1, 0.15) is 4.90 Å². The van der Waals surface area contributed by atoms with Gasteiger partial charge in [-0.3, -0.25) is 10.1 Å². The van der Waals surface area contributed by atoms with Gasteiger partial charge < -0.3 is 5.32 Å². The molecular weight excluding hydrogens is 318 g/mol. The number of nitro benzene ring substituents is 1. The zero-order chi connectivity index (χ0) is 15.8. The van der Waals surface area contributed by atoms with Gasteiger partial charge in [-0.15, -0.1) is 0 Å². The van der Waals surface area contributed by atoms with Crippen molar-refractivity contribution >= 4 is 27.3 Å². The lowest BCUT2D eigenvalue weighted by Crippen LogP contribution is -2.58. The van der Waals surface area contributed by atoms with E-state index in [9.17, 15) is 18.5 Å². The van der Waals surface area contributed by atoms with Crippen LogP contribution < -0.4 is 5.32 Å². The van der Waals surface area contributed by atoms with Crippen LogP contribution in [0.1, 0.15) is 13.8 Å². The second kappa shape index (κ2) is 5.53. The van der Waals surface area contributed by atoms with Crippen LogP contribution in [-0.2, 0) is 10.0 Å². The van der Waals surface area contributed by atoms with Crippen LogP contribution in [0.4, 0.5) is 5.69 Å². The third-order valence-corrected chi connectivity index (χ3v) is 5.61. The number of nitro groups is 1. The molecule has 1 fully saturated rings. The van der Waals surface area contributed by atoms with Gasteiger partial charge in [0.25, 0.3) is 5.69 Å². The number of non-ortho nitro benzene ring substituents is 1. The van der Waals surface area contributed by atoms with Gasteiger partial charge in [0.05, 0.1) is 9.95 Å². The van der Waals surface area contributed by atoms with Crippen LogP contribution in [0.2, 0.25) is 5.02 Å². The van der Waals surface area contributed by atoms with Gasteiger partial charge in [0, 0.05) is 37.3 Å². The molecule has 0 aromatic heterocycles. The molecule has 0 bridgehead atoms. The first-order valence-corrected chi connectivity index (χ1v) is 8.14. The monoisotopic (exact) mass is 333 g/mol. The van der Waals surface area contributed by atoms with E-state index in [4.69, 9.17) is 11.6 Å². The lowest BCUT2D eigenvalue weighted by Gasteiger charge is -2.38. The van der Waals surface area contributed by atoms with Crippen LogP contribution in [0.15, 0.2) is 23.1 Å². The lowest BCUT2D eigenvalue weighted by molar-refractivity contribution is -0.385. The second-order valence-electron chi connectivity index (χ2n) is 5.52. The van der Waals surface area contributed by atoms with E-state index in [1.165, 1.54) is 16.4 Å². The first-order chi connectivity index (χ1) is 9.63. The van der Waals surface area contributed by atoms with E-state index in [1.54, 1.807) is 0 Å². The Kier molecular flexibility index (Phi) is 4.25. The molecule has 0 saturated carbocycles. The summed E-state index contributed by atoms with van der Waals surface area (Å²) in [5, 5.41) is 14.0. The van der Waals surface area contributed by atoms with E-state index >= 15 is 0 Å². The van der Waals surface area contributed by atoms with Gasteiger partial charge in [0.15, 0.2) is 0 Å². The van der Waals surface area contributed by atoms with Crippen molar-refractivity contribution in [3.63, 3.8) is 0 Å². The third-order valence-electron chi connectivity index (χ3n) is 3.28. The van der Waals surface area contributed by atoms with Gasteiger partial charge >= 0.3 is 0 Å². The Hall–Kier alpha value is -1.22. The summed E-state index contributed by atoms with van der Waals surface area (Å²) in [6, 6.07) is 3.43. The fraction of sp³-hybridized carbons (Fsp3) is 0.500. The number of nitrogens with zero attached hydrogens (tertiary/aromatic N) is 2. The topological polar surface area (TPSA) is 92.5 Å². The lowest BCUT2D eigenvalue weighted by atomic mass is 10.0. The Morgan fingerprint density at radius 3 is 2.67 bits per heavy atom. The summed E-state index contributed by atoms with van der Waals surface area (Å²) in [6.07, 6.45) is 0. The molecule has 1 aliphatic heterocycles. The Morgan fingerprint density at radius 1 is 1.43 bits per heavy atom. The molecule has 9 heteroatoms. The zero-order valence-electron chi connectivity index (χ0n) is 11.7. The van der Waals surface area contributed by atoms with Crippen molar-refractivity contribution in [3.8, 4) is 0 Å². The SMILES string of the molecule is CC1(C)CN(S(=O)(=O)c2cc([N+](=O)[O-])ccc2Cl)CCN1. The molecule has 1 saturated heterocycles.